The maximum absolute atomic E-state index is 11.2. The molecular weight excluding hydrogens is 238 g/mol. The van der Waals surface area contributed by atoms with Gasteiger partial charge in [-0.1, -0.05) is 12.1 Å². The van der Waals surface area contributed by atoms with Crippen molar-refractivity contribution in [3.05, 3.63) is 33.9 Å². The Bertz CT molecular complexity index is 508. The van der Waals surface area contributed by atoms with Crippen LogP contribution in [0.5, 0.6) is 5.75 Å². The summed E-state index contributed by atoms with van der Waals surface area (Å²) in [5.74, 6) is -0.473. The van der Waals surface area contributed by atoms with Gasteiger partial charge >= 0.3 is 5.69 Å². The predicted molar refractivity (Wildman–Crippen MR) is 62.0 cm³/mol. The number of hydrogen-bond acceptors (Lipinski definition) is 5. The molecule has 1 aromatic carbocycles. The number of carbonyl (C=O) groups is 1. The van der Waals surface area contributed by atoms with Crippen LogP contribution >= 0.6 is 0 Å². The van der Waals surface area contributed by atoms with E-state index in [-0.39, 0.29) is 24.6 Å². The second kappa shape index (κ2) is 6.20. The summed E-state index contributed by atoms with van der Waals surface area (Å²) >= 11 is 0. The number of amides is 1. The van der Waals surface area contributed by atoms with Crippen molar-refractivity contribution in [3.8, 4) is 11.8 Å². The van der Waals surface area contributed by atoms with Gasteiger partial charge in [0.05, 0.1) is 11.0 Å². The van der Waals surface area contributed by atoms with Gasteiger partial charge in [0.1, 0.15) is 6.54 Å². The lowest BCUT2D eigenvalue weighted by molar-refractivity contribution is -0.386. The molecule has 0 heterocycles. The number of nitro groups is 1. The van der Waals surface area contributed by atoms with Crippen LogP contribution < -0.4 is 10.1 Å². The minimum Gasteiger partial charge on any atom is -0.477 e. The third-order valence-corrected chi connectivity index (χ3v) is 2.11. The normalized spacial score (nSPS) is 9.33. The maximum Gasteiger partial charge on any atom is 0.313 e. The average molecular weight is 249 g/mol. The number of aryl methyl sites for hydroxylation is 1. The molecule has 0 unspecified atom stereocenters. The molecule has 94 valence electrons. The fraction of sp³-hybridized carbons (Fsp3) is 0.273. The predicted octanol–water partition coefficient (Wildman–Crippen LogP) is 0.922. The fourth-order valence-corrected chi connectivity index (χ4v) is 1.31. The molecule has 0 saturated carbocycles. The molecule has 0 fully saturated rings. The molecule has 0 aliphatic carbocycles. The van der Waals surface area contributed by atoms with E-state index in [0.29, 0.717) is 5.56 Å². The first-order valence-corrected chi connectivity index (χ1v) is 5.06. The quantitative estimate of drug-likeness (QED) is 0.474. The van der Waals surface area contributed by atoms with Crippen molar-refractivity contribution in [2.75, 3.05) is 13.2 Å². The summed E-state index contributed by atoms with van der Waals surface area (Å²) in [6.45, 7) is 1.09. The third-order valence-electron chi connectivity index (χ3n) is 2.11. The summed E-state index contributed by atoms with van der Waals surface area (Å²) in [7, 11) is 0. The van der Waals surface area contributed by atoms with Crippen LogP contribution in [0.15, 0.2) is 18.2 Å². The van der Waals surface area contributed by atoms with Gasteiger partial charge in [0.15, 0.2) is 12.4 Å². The van der Waals surface area contributed by atoms with Crippen molar-refractivity contribution < 1.29 is 14.5 Å². The van der Waals surface area contributed by atoms with Crippen LogP contribution in [0, 0.1) is 28.4 Å². The molecule has 1 aromatic rings. The molecule has 7 heteroatoms. The van der Waals surface area contributed by atoms with Crippen LogP contribution in [0.4, 0.5) is 5.69 Å². The van der Waals surface area contributed by atoms with E-state index < -0.39 is 10.8 Å². The van der Waals surface area contributed by atoms with Crippen molar-refractivity contribution in [2.45, 2.75) is 6.92 Å². The van der Waals surface area contributed by atoms with Gasteiger partial charge in [-0.15, -0.1) is 0 Å². The van der Waals surface area contributed by atoms with E-state index in [1.807, 2.05) is 0 Å². The summed E-state index contributed by atoms with van der Waals surface area (Å²) in [6.07, 6.45) is 0. The summed E-state index contributed by atoms with van der Waals surface area (Å²) < 4.78 is 5.07. The van der Waals surface area contributed by atoms with E-state index in [1.165, 1.54) is 6.07 Å². The topological polar surface area (TPSA) is 105 Å². The second-order valence-electron chi connectivity index (χ2n) is 3.40. The fourth-order valence-electron chi connectivity index (χ4n) is 1.31. The van der Waals surface area contributed by atoms with E-state index in [4.69, 9.17) is 10.00 Å². The lowest BCUT2D eigenvalue weighted by Gasteiger charge is -2.07. The minimum absolute atomic E-state index is 0.0344. The van der Waals surface area contributed by atoms with Crippen LogP contribution in [0.25, 0.3) is 0 Å². The Hall–Kier alpha value is -2.62. The van der Waals surface area contributed by atoms with E-state index >= 15 is 0 Å². The van der Waals surface area contributed by atoms with Gasteiger partial charge in [-0.2, -0.15) is 5.26 Å². The van der Waals surface area contributed by atoms with Crippen molar-refractivity contribution >= 4 is 11.6 Å². The maximum atomic E-state index is 11.2. The molecule has 0 radical (unpaired) electrons. The highest BCUT2D eigenvalue weighted by Crippen LogP contribution is 2.29. The summed E-state index contributed by atoms with van der Waals surface area (Å²) in [5, 5.41) is 21.4. The zero-order valence-corrected chi connectivity index (χ0v) is 9.67. The number of nitriles is 1. The number of rotatable bonds is 5. The SMILES string of the molecule is Cc1cccc(OCC(=O)NCC#N)c1[N+](=O)[O-]. The van der Waals surface area contributed by atoms with Gasteiger partial charge < -0.3 is 10.1 Å². The van der Waals surface area contributed by atoms with E-state index in [1.54, 1.807) is 25.1 Å². The van der Waals surface area contributed by atoms with Crippen LogP contribution in [0.3, 0.4) is 0 Å². The lowest BCUT2D eigenvalue weighted by Crippen LogP contribution is -2.29. The molecule has 0 aromatic heterocycles. The Morgan fingerprint density at radius 1 is 1.61 bits per heavy atom. The first-order valence-electron chi connectivity index (χ1n) is 5.06. The van der Waals surface area contributed by atoms with Gasteiger partial charge in [0, 0.05) is 5.56 Å². The summed E-state index contributed by atoms with van der Waals surface area (Å²) in [6, 6.07) is 6.35. The zero-order chi connectivity index (χ0) is 13.5. The van der Waals surface area contributed by atoms with Crippen molar-refractivity contribution in [3.63, 3.8) is 0 Å². The Morgan fingerprint density at radius 2 is 2.33 bits per heavy atom. The number of carbonyl (C=O) groups excluding carboxylic acids is 1. The number of nitrogens with one attached hydrogen (secondary N) is 1. The number of para-hydroxylation sites is 1. The van der Waals surface area contributed by atoms with E-state index in [0.717, 1.165) is 0 Å². The van der Waals surface area contributed by atoms with Crippen LogP contribution in [0.1, 0.15) is 5.56 Å². The Morgan fingerprint density at radius 3 is 2.94 bits per heavy atom. The molecule has 0 spiro atoms. The number of hydrogen-bond donors (Lipinski definition) is 1. The first kappa shape index (κ1) is 13.4. The third kappa shape index (κ3) is 3.45. The monoisotopic (exact) mass is 249 g/mol. The van der Waals surface area contributed by atoms with Gasteiger partial charge in [0.25, 0.3) is 5.91 Å². The minimum atomic E-state index is -0.558. The average Bonchev–Trinajstić information content (AvgIpc) is 2.33. The Balaban J connectivity index is 2.74. The van der Waals surface area contributed by atoms with E-state index in [9.17, 15) is 14.9 Å². The number of nitro benzene ring substituents is 1. The summed E-state index contributed by atoms with van der Waals surface area (Å²) in [5.41, 5.74) is 0.292. The molecule has 1 N–H and O–H groups in total. The Labute approximate surface area is 103 Å². The molecule has 1 rings (SSSR count). The van der Waals surface area contributed by atoms with Gasteiger partial charge in [-0.3, -0.25) is 14.9 Å². The number of benzene rings is 1. The molecule has 0 bridgehead atoms. The molecule has 18 heavy (non-hydrogen) atoms. The van der Waals surface area contributed by atoms with Crippen molar-refractivity contribution in [2.24, 2.45) is 0 Å². The highest BCUT2D eigenvalue weighted by molar-refractivity contribution is 5.77. The smallest absolute Gasteiger partial charge is 0.313 e. The van der Waals surface area contributed by atoms with Crippen LogP contribution in [-0.2, 0) is 4.79 Å². The molecule has 7 nitrogen and oxygen atoms in total. The number of nitrogens with zero attached hydrogens (tertiary/aromatic N) is 2. The molecule has 0 atom stereocenters. The van der Waals surface area contributed by atoms with E-state index in [2.05, 4.69) is 5.32 Å². The Kier molecular flexibility index (Phi) is 4.63. The molecule has 0 saturated heterocycles. The van der Waals surface area contributed by atoms with Crippen LogP contribution in [0.2, 0.25) is 0 Å². The highest BCUT2D eigenvalue weighted by atomic mass is 16.6. The zero-order valence-electron chi connectivity index (χ0n) is 9.67. The van der Waals surface area contributed by atoms with Crippen LogP contribution in [-0.4, -0.2) is 24.0 Å². The van der Waals surface area contributed by atoms with Crippen molar-refractivity contribution in [1.82, 2.24) is 5.32 Å². The molecule has 0 aliphatic heterocycles. The number of ether oxygens (including phenoxy) is 1. The van der Waals surface area contributed by atoms with Gasteiger partial charge in [-0.05, 0) is 13.0 Å². The molecule has 1 amide bonds. The highest BCUT2D eigenvalue weighted by Gasteiger charge is 2.18. The first-order chi connectivity index (χ1) is 8.56. The molecular formula is C11H11N3O4. The van der Waals surface area contributed by atoms with Gasteiger partial charge in [-0.25, -0.2) is 0 Å². The summed E-state index contributed by atoms with van der Waals surface area (Å²) in [4.78, 5) is 21.5. The standard InChI is InChI=1S/C11H11N3O4/c1-8-3-2-4-9(11(8)14(16)17)18-7-10(15)13-6-5-12/h2-4H,6-7H2,1H3,(H,13,15). The lowest BCUT2D eigenvalue weighted by atomic mass is 10.2. The molecule has 0 aliphatic rings. The second-order valence-corrected chi connectivity index (χ2v) is 3.40. The van der Waals surface area contributed by atoms with Gasteiger partial charge in [0.2, 0.25) is 0 Å². The largest absolute Gasteiger partial charge is 0.477 e. The van der Waals surface area contributed by atoms with Crippen molar-refractivity contribution in [1.29, 1.82) is 5.26 Å².